The van der Waals surface area contributed by atoms with E-state index in [9.17, 15) is 4.79 Å². The highest BCUT2D eigenvalue weighted by molar-refractivity contribution is 7.99. The summed E-state index contributed by atoms with van der Waals surface area (Å²) in [5.74, 6) is 2.56. The zero-order valence-electron chi connectivity index (χ0n) is 11.2. The summed E-state index contributed by atoms with van der Waals surface area (Å²) in [5.41, 5.74) is 0. The fraction of sp³-hybridized carbons (Fsp3) is 0.923. The number of hydrogen-bond donors (Lipinski definition) is 1. The van der Waals surface area contributed by atoms with Gasteiger partial charge in [0, 0.05) is 25.4 Å². The highest BCUT2D eigenvalue weighted by atomic mass is 32.2. The SMILES string of the molecule is COCCN(C(=O)[C@@H]1CCCCN1)C1CCSC1. The number of nitrogens with zero attached hydrogens (tertiary/aromatic N) is 1. The molecule has 0 radical (unpaired) electrons. The van der Waals surface area contributed by atoms with Crippen molar-refractivity contribution in [2.45, 2.75) is 37.8 Å². The van der Waals surface area contributed by atoms with Crippen LogP contribution in [-0.4, -0.2) is 61.2 Å². The van der Waals surface area contributed by atoms with E-state index in [1.165, 1.54) is 18.6 Å². The summed E-state index contributed by atoms with van der Waals surface area (Å²) in [6.07, 6.45) is 4.48. The average molecular weight is 272 g/mol. The zero-order chi connectivity index (χ0) is 12.8. The number of nitrogens with one attached hydrogen (secondary N) is 1. The molecule has 2 aliphatic heterocycles. The molecule has 0 aromatic carbocycles. The van der Waals surface area contributed by atoms with Crippen molar-refractivity contribution in [3.63, 3.8) is 0 Å². The number of carbonyl (C=O) groups excluding carboxylic acids is 1. The molecule has 2 aliphatic rings. The van der Waals surface area contributed by atoms with Gasteiger partial charge in [0.2, 0.25) is 5.91 Å². The Hall–Kier alpha value is -0.260. The third kappa shape index (κ3) is 3.62. The minimum absolute atomic E-state index is 0.0428. The first-order valence-electron chi connectivity index (χ1n) is 6.93. The van der Waals surface area contributed by atoms with Gasteiger partial charge in [-0.15, -0.1) is 0 Å². The summed E-state index contributed by atoms with van der Waals surface area (Å²) in [5, 5.41) is 3.36. The molecule has 104 valence electrons. The lowest BCUT2D eigenvalue weighted by atomic mass is 10.0. The van der Waals surface area contributed by atoms with E-state index in [4.69, 9.17) is 4.74 Å². The molecule has 2 rings (SSSR count). The Balaban J connectivity index is 1.94. The minimum atomic E-state index is 0.0428. The van der Waals surface area contributed by atoms with Crippen LogP contribution in [0.25, 0.3) is 0 Å². The summed E-state index contributed by atoms with van der Waals surface area (Å²) in [7, 11) is 1.70. The highest BCUT2D eigenvalue weighted by Gasteiger charge is 2.31. The Morgan fingerprint density at radius 1 is 1.44 bits per heavy atom. The van der Waals surface area contributed by atoms with Gasteiger partial charge in [0.15, 0.2) is 0 Å². The van der Waals surface area contributed by atoms with Crippen LogP contribution >= 0.6 is 11.8 Å². The van der Waals surface area contributed by atoms with Gasteiger partial charge in [-0.25, -0.2) is 0 Å². The molecule has 0 bridgehead atoms. The molecule has 2 saturated heterocycles. The van der Waals surface area contributed by atoms with Crippen LogP contribution in [0.4, 0.5) is 0 Å². The molecule has 5 heteroatoms. The first-order valence-corrected chi connectivity index (χ1v) is 8.09. The van der Waals surface area contributed by atoms with Gasteiger partial charge >= 0.3 is 0 Å². The molecule has 1 N–H and O–H groups in total. The summed E-state index contributed by atoms with van der Waals surface area (Å²) in [6, 6.07) is 0.461. The van der Waals surface area contributed by atoms with Crippen LogP contribution < -0.4 is 5.32 Å². The molecule has 4 nitrogen and oxygen atoms in total. The van der Waals surface area contributed by atoms with Crippen molar-refractivity contribution in [3.05, 3.63) is 0 Å². The van der Waals surface area contributed by atoms with Gasteiger partial charge in [0.05, 0.1) is 12.6 Å². The summed E-state index contributed by atoms with van der Waals surface area (Å²) in [4.78, 5) is 14.7. The Morgan fingerprint density at radius 3 is 2.94 bits per heavy atom. The third-order valence-corrected chi connectivity index (χ3v) is 4.92. The average Bonchev–Trinajstić information content (AvgIpc) is 2.94. The van der Waals surface area contributed by atoms with Crippen molar-refractivity contribution in [1.29, 1.82) is 0 Å². The Morgan fingerprint density at radius 2 is 2.33 bits per heavy atom. The lowest BCUT2D eigenvalue weighted by Gasteiger charge is -2.33. The molecular formula is C13H24N2O2S. The molecule has 0 aliphatic carbocycles. The van der Waals surface area contributed by atoms with Crippen molar-refractivity contribution in [2.24, 2.45) is 0 Å². The minimum Gasteiger partial charge on any atom is -0.383 e. The molecule has 2 fully saturated rings. The summed E-state index contributed by atoms with van der Waals surface area (Å²) >= 11 is 1.95. The zero-order valence-corrected chi connectivity index (χ0v) is 12.0. The van der Waals surface area contributed by atoms with Crippen LogP contribution in [0, 0.1) is 0 Å². The van der Waals surface area contributed by atoms with E-state index < -0.39 is 0 Å². The maximum atomic E-state index is 12.6. The lowest BCUT2D eigenvalue weighted by Crippen LogP contribution is -2.52. The second kappa shape index (κ2) is 7.36. The third-order valence-electron chi connectivity index (χ3n) is 3.77. The second-order valence-electron chi connectivity index (χ2n) is 5.04. The monoisotopic (exact) mass is 272 g/mol. The van der Waals surface area contributed by atoms with Gasteiger partial charge in [0.25, 0.3) is 0 Å². The van der Waals surface area contributed by atoms with Crippen molar-refractivity contribution in [1.82, 2.24) is 10.2 Å². The van der Waals surface area contributed by atoms with Crippen molar-refractivity contribution in [3.8, 4) is 0 Å². The highest BCUT2D eigenvalue weighted by Crippen LogP contribution is 2.23. The van der Waals surface area contributed by atoms with E-state index in [1.54, 1.807) is 7.11 Å². The first kappa shape index (κ1) is 14.2. The van der Waals surface area contributed by atoms with E-state index in [2.05, 4.69) is 10.2 Å². The molecule has 1 unspecified atom stereocenters. The fourth-order valence-corrected chi connectivity index (χ4v) is 3.92. The summed E-state index contributed by atoms with van der Waals surface area (Å²) in [6.45, 7) is 2.35. The van der Waals surface area contributed by atoms with E-state index >= 15 is 0 Å². The topological polar surface area (TPSA) is 41.6 Å². The molecule has 18 heavy (non-hydrogen) atoms. The maximum Gasteiger partial charge on any atom is 0.240 e. The number of piperidine rings is 1. The Kier molecular flexibility index (Phi) is 5.79. The van der Waals surface area contributed by atoms with Crippen LogP contribution in [0.5, 0.6) is 0 Å². The van der Waals surface area contributed by atoms with Gasteiger partial charge in [0.1, 0.15) is 0 Å². The predicted octanol–water partition coefficient (Wildman–Crippen LogP) is 1.11. The van der Waals surface area contributed by atoms with Crippen LogP contribution in [0.15, 0.2) is 0 Å². The Labute approximate surface area is 114 Å². The van der Waals surface area contributed by atoms with E-state index in [0.717, 1.165) is 31.7 Å². The lowest BCUT2D eigenvalue weighted by molar-refractivity contribution is -0.136. The van der Waals surface area contributed by atoms with Crippen molar-refractivity contribution in [2.75, 3.05) is 38.3 Å². The molecule has 0 aromatic heterocycles. The largest absolute Gasteiger partial charge is 0.383 e. The smallest absolute Gasteiger partial charge is 0.240 e. The van der Waals surface area contributed by atoms with Gasteiger partial charge in [-0.1, -0.05) is 6.42 Å². The number of rotatable bonds is 5. The van der Waals surface area contributed by atoms with Gasteiger partial charge in [-0.05, 0) is 31.6 Å². The molecule has 0 spiro atoms. The van der Waals surface area contributed by atoms with Crippen LogP contribution in [0.2, 0.25) is 0 Å². The van der Waals surface area contributed by atoms with Crippen molar-refractivity contribution >= 4 is 17.7 Å². The van der Waals surface area contributed by atoms with Gasteiger partial charge in [-0.3, -0.25) is 4.79 Å². The number of carbonyl (C=O) groups is 1. The number of methoxy groups -OCH3 is 1. The number of ether oxygens (including phenoxy) is 1. The molecule has 2 atom stereocenters. The number of hydrogen-bond acceptors (Lipinski definition) is 4. The molecule has 0 aromatic rings. The molecule has 2 heterocycles. The van der Waals surface area contributed by atoms with Crippen LogP contribution in [0.3, 0.4) is 0 Å². The van der Waals surface area contributed by atoms with E-state index in [-0.39, 0.29) is 6.04 Å². The van der Waals surface area contributed by atoms with Gasteiger partial charge in [-0.2, -0.15) is 11.8 Å². The number of amides is 1. The van der Waals surface area contributed by atoms with Crippen LogP contribution in [-0.2, 0) is 9.53 Å². The standard InChI is InChI=1S/C13H24N2O2S/c1-17-8-7-15(11-5-9-18-10-11)13(16)12-4-2-3-6-14-12/h11-12,14H,2-10H2,1H3/t11?,12-/m0/s1. The first-order chi connectivity index (χ1) is 8.83. The molecule has 1 amide bonds. The molecular weight excluding hydrogens is 248 g/mol. The quantitative estimate of drug-likeness (QED) is 0.814. The van der Waals surface area contributed by atoms with E-state index in [1.807, 2.05) is 11.8 Å². The Bertz CT molecular complexity index is 264. The molecule has 0 saturated carbocycles. The van der Waals surface area contributed by atoms with Crippen molar-refractivity contribution < 1.29 is 9.53 Å². The predicted molar refractivity (Wildman–Crippen MR) is 75.0 cm³/mol. The van der Waals surface area contributed by atoms with E-state index in [0.29, 0.717) is 18.6 Å². The van der Waals surface area contributed by atoms with Crippen LogP contribution in [0.1, 0.15) is 25.7 Å². The number of thioether (sulfide) groups is 1. The fourth-order valence-electron chi connectivity index (χ4n) is 2.69. The second-order valence-corrected chi connectivity index (χ2v) is 6.19. The van der Waals surface area contributed by atoms with Gasteiger partial charge < -0.3 is 15.0 Å². The normalized spacial score (nSPS) is 28.3. The maximum absolute atomic E-state index is 12.6. The summed E-state index contributed by atoms with van der Waals surface area (Å²) < 4.78 is 5.15.